The van der Waals surface area contributed by atoms with Gasteiger partial charge in [-0.05, 0) is 49.9 Å². The molecule has 18 nitrogen and oxygen atoms in total. The van der Waals surface area contributed by atoms with E-state index in [4.69, 9.17) is 42.1 Å². The van der Waals surface area contributed by atoms with Crippen LogP contribution in [0, 0.1) is 10.1 Å². The fraction of sp³-hybridized carbons (Fsp3) is 0.342. The first kappa shape index (κ1) is 45.2. The number of nitrogens with two attached hydrogens (primary N) is 2. The molecular weight excluding hydrogens is 766 g/mol. The Kier molecular flexibility index (Phi) is 18.2. The van der Waals surface area contributed by atoms with Crippen LogP contribution in [0.4, 0.5) is 4.79 Å². The van der Waals surface area contributed by atoms with Gasteiger partial charge in [0.05, 0.1) is 6.61 Å². The second-order valence-corrected chi connectivity index (χ2v) is 12.3. The molecule has 0 bridgehead atoms. The van der Waals surface area contributed by atoms with Crippen LogP contribution in [0.2, 0.25) is 5.15 Å². The lowest BCUT2D eigenvalue weighted by molar-refractivity contribution is -0.763. The van der Waals surface area contributed by atoms with Crippen LogP contribution in [0.1, 0.15) is 73.5 Å². The summed E-state index contributed by atoms with van der Waals surface area (Å²) < 4.78 is 26.9. The van der Waals surface area contributed by atoms with E-state index in [1.807, 2.05) is 36.4 Å². The van der Waals surface area contributed by atoms with Crippen LogP contribution in [0.25, 0.3) is 11.1 Å². The number of esters is 1. The number of hydrazone groups is 1. The molecule has 0 aliphatic carbocycles. The molecule has 1 aromatic heterocycles. The Morgan fingerprint density at radius 3 is 2.37 bits per heavy atom. The van der Waals surface area contributed by atoms with Crippen molar-refractivity contribution in [2.75, 3.05) is 13.7 Å². The molecular formula is C38H46ClN7O11. The highest BCUT2D eigenvalue weighted by Crippen LogP contribution is 2.27. The van der Waals surface area contributed by atoms with E-state index in [0.717, 1.165) is 34.6 Å². The molecule has 4 N–H and O–H groups in total. The van der Waals surface area contributed by atoms with E-state index >= 15 is 0 Å². The molecule has 1 heterocycles. The molecule has 0 saturated heterocycles. The zero-order valence-corrected chi connectivity index (χ0v) is 32.9. The van der Waals surface area contributed by atoms with E-state index < -0.39 is 36.3 Å². The molecule has 3 aromatic carbocycles. The standard InChI is InChI=1S/C35H40ClN7O9.C3H6O2/c1-5-6-15-30-39-32(36)31(34(44)51-23(3)48-4)41(30)20-24-16-18-25(19-17-24)27-12-8-9-13-28(27)33(37)40-42(38)22(2)50-35(45)52-29-14-10-7-11-26(29)21-49-43(46)47;1-2-5-3-4/h7-14,16-19,22-23H,5-6,15,20-21,38H2,1-4H3,(H2,37,40);3H,2H2,1H3. The highest BCUT2D eigenvalue weighted by Gasteiger charge is 2.25. The molecule has 57 heavy (non-hydrogen) atoms. The van der Waals surface area contributed by atoms with Crippen LogP contribution < -0.4 is 16.3 Å². The predicted octanol–water partition coefficient (Wildman–Crippen LogP) is 5.99. The number of methoxy groups -OCH3 is 1. The molecule has 4 aromatic rings. The van der Waals surface area contributed by atoms with Gasteiger partial charge in [-0.25, -0.2) is 20.4 Å². The van der Waals surface area contributed by atoms with Gasteiger partial charge in [0.1, 0.15) is 18.2 Å². The molecule has 306 valence electrons. The van der Waals surface area contributed by atoms with Crippen molar-refractivity contribution >= 4 is 36.0 Å². The van der Waals surface area contributed by atoms with Crippen molar-refractivity contribution in [1.82, 2.24) is 14.7 Å². The monoisotopic (exact) mass is 811 g/mol. The second-order valence-electron chi connectivity index (χ2n) is 11.9. The number of nitrogens with zero attached hydrogens (tertiary/aromatic N) is 5. The number of halogens is 1. The van der Waals surface area contributed by atoms with Gasteiger partial charge < -0.3 is 38.8 Å². The molecule has 2 atom stereocenters. The summed E-state index contributed by atoms with van der Waals surface area (Å²) in [5.41, 5.74) is 9.80. The van der Waals surface area contributed by atoms with Crippen molar-refractivity contribution in [1.29, 1.82) is 0 Å². The van der Waals surface area contributed by atoms with E-state index in [2.05, 4.69) is 26.6 Å². The van der Waals surface area contributed by atoms with Crippen LogP contribution in [0.5, 0.6) is 5.75 Å². The minimum atomic E-state index is -1.13. The van der Waals surface area contributed by atoms with Crippen molar-refractivity contribution in [3.63, 3.8) is 0 Å². The summed E-state index contributed by atoms with van der Waals surface area (Å²) in [7, 11) is 1.44. The Labute approximate surface area is 334 Å². The maximum absolute atomic E-state index is 13.0. The van der Waals surface area contributed by atoms with E-state index in [-0.39, 0.29) is 28.0 Å². The van der Waals surface area contributed by atoms with Crippen LogP contribution >= 0.6 is 11.6 Å². The van der Waals surface area contributed by atoms with E-state index in [1.54, 1.807) is 42.7 Å². The van der Waals surface area contributed by atoms with Crippen LogP contribution in [-0.2, 0) is 48.2 Å². The minimum absolute atomic E-state index is 0.0125. The van der Waals surface area contributed by atoms with Gasteiger partial charge in [-0.2, -0.15) is 5.12 Å². The van der Waals surface area contributed by atoms with Crippen molar-refractivity contribution in [3.05, 3.63) is 116 Å². The summed E-state index contributed by atoms with van der Waals surface area (Å²) >= 11 is 6.44. The normalized spacial score (nSPS) is 11.9. The molecule has 19 heteroatoms. The Morgan fingerprint density at radius 1 is 1.05 bits per heavy atom. The van der Waals surface area contributed by atoms with Crippen LogP contribution in [0.3, 0.4) is 0 Å². The number of hydrogen-bond acceptors (Lipinski definition) is 15. The zero-order chi connectivity index (χ0) is 41.9. The van der Waals surface area contributed by atoms with Crippen molar-refractivity contribution in [2.45, 2.75) is 72.6 Å². The summed E-state index contributed by atoms with van der Waals surface area (Å²) in [5, 5.41) is 14.8. The number of ether oxygens (including phenoxy) is 5. The molecule has 0 amide bonds. The number of hydrazine groups is 1. The van der Waals surface area contributed by atoms with Gasteiger partial charge in [-0.15, -0.1) is 15.2 Å². The summed E-state index contributed by atoms with van der Waals surface area (Å²) in [6.45, 7) is 7.69. The summed E-state index contributed by atoms with van der Waals surface area (Å²) in [6, 6.07) is 21.1. The minimum Gasteiger partial charge on any atom is -0.468 e. The fourth-order valence-corrected chi connectivity index (χ4v) is 5.30. The number of hydrogen-bond donors (Lipinski definition) is 2. The smallest absolute Gasteiger partial charge is 0.468 e. The quantitative estimate of drug-likeness (QED) is 0.0106. The van der Waals surface area contributed by atoms with Crippen LogP contribution in [-0.4, -0.2) is 70.4 Å². The Balaban J connectivity index is 0.00000163. The van der Waals surface area contributed by atoms with Crippen LogP contribution in [0.15, 0.2) is 77.9 Å². The number of imidazole rings is 1. The van der Waals surface area contributed by atoms with E-state index in [1.165, 1.54) is 26.2 Å². The fourth-order valence-electron chi connectivity index (χ4n) is 5.02. The summed E-state index contributed by atoms with van der Waals surface area (Å²) in [4.78, 5) is 54.1. The van der Waals surface area contributed by atoms with Gasteiger partial charge in [0, 0.05) is 31.2 Å². The van der Waals surface area contributed by atoms with Gasteiger partial charge in [0.2, 0.25) is 6.23 Å². The van der Waals surface area contributed by atoms with E-state index in [9.17, 15) is 24.5 Å². The molecule has 0 fully saturated rings. The van der Waals surface area contributed by atoms with Gasteiger partial charge in [-0.1, -0.05) is 91.7 Å². The molecule has 2 unspecified atom stereocenters. The molecule has 0 spiro atoms. The third-order valence-electron chi connectivity index (χ3n) is 7.95. The van der Waals surface area contributed by atoms with Crippen molar-refractivity contribution in [2.24, 2.45) is 16.7 Å². The largest absolute Gasteiger partial charge is 0.515 e. The van der Waals surface area contributed by atoms with Gasteiger partial charge in [-0.3, -0.25) is 4.79 Å². The number of rotatable bonds is 19. The lowest BCUT2D eigenvalue weighted by Gasteiger charge is -2.22. The average molecular weight is 812 g/mol. The third kappa shape index (κ3) is 13.8. The van der Waals surface area contributed by atoms with E-state index in [0.29, 0.717) is 37.4 Å². The zero-order valence-electron chi connectivity index (χ0n) is 32.2. The lowest BCUT2D eigenvalue weighted by atomic mass is 9.98. The highest BCUT2D eigenvalue weighted by molar-refractivity contribution is 6.32. The molecule has 4 rings (SSSR count). The SMILES string of the molecule is CCCCc1nc(Cl)c(C(=O)OC(C)OC)n1Cc1ccc(-c2ccccc2/C(N)=N/N(N)C(C)OC(=O)Oc2ccccc2CO[N+](=O)[O-])cc1.CCOC=O. The maximum atomic E-state index is 13.0. The summed E-state index contributed by atoms with van der Waals surface area (Å²) in [5.74, 6) is 6.17. The van der Waals surface area contributed by atoms with Crippen molar-refractivity contribution < 1.29 is 48.0 Å². The first-order valence-electron chi connectivity index (χ1n) is 17.7. The van der Waals surface area contributed by atoms with Gasteiger partial charge in [0.25, 0.3) is 11.6 Å². The Bertz CT molecular complexity index is 1970. The maximum Gasteiger partial charge on any atom is 0.515 e. The topological polar surface area (TPSA) is 235 Å². The number of amidine groups is 1. The van der Waals surface area contributed by atoms with Gasteiger partial charge in [0.15, 0.2) is 23.0 Å². The Morgan fingerprint density at radius 2 is 1.74 bits per heavy atom. The first-order valence-corrected chi connectivity index (χ1v) is 18.0. The number of benzene rings is 3. The number of carbonyl (C=O) groups is 3. The third-order valence-corrected chi connectivity index (χ3v) is 8.22. The Hall–Kier alpha value is -6.24. The lowest BCUT2D eigenvalue weighted by Crippen LogP contribution is -2.40. The number of aromatic nitrogens is 2. The molecule has 0 aliphatic heterocycles. The number of unbranched alkanes of at least 4 members (excludes halogenated alkanes) is 1. The highest BCUT2D eigenvalue weighted by atomic mass is 35.5. The predicted molar refractivity (Wildman–Crippen MR) is 208 cm³/mol. The van der Waals surface area contributed by atoms with Crippen molar-refractivity contribution in [3.8, 4) is 16.9 Å². The molecule has 0 saturated carbocycles. The molecule has 0 radical (unpaired) electrons. The number of para-hydroxylation sites is 1. The molecule has 0 aliphatic rings. The average Bonchev–Trinajstić information content (AvgIpc) is 3.50. The first-order chi connectivity index (χ1) is 27.3. The number of aryl methyl sites for hydroxylation is 1. The summed E-state index contributed by atoms with van der Waals surface area (Å²) in [6.07, 6.45) is -0.589. The number of carbonyl (C=O) groups excluding carboxylic acids is 3. The second kappa shape index (κ2) is 23.0. The van der Waals surface area contributed by atoms with Gasteiger partial charge >= 0.3 is 12.1 Å².